The van der Waals surface area contributed by atoms with Crippen LogP contribution in [0.3, 0.4) is 0 Å². The molecule has 1 fully saturated rings. The van der Waals surface area contributed by atoms with Crippen molar-refractivity contribution >= 4 is 5.97 Å². The molecular formula is C11H21NO4. The largest absolute Gasteiger partial charge is 0.479 e. The first-order valence-corrected chi connectivity index (χ1v) is 5.78. The molecule has 0 saturated carbocycles. The molecule has 1 aliphatic rings. The van der Waals surface area contributed by atoms with Crippen LogP contribution in [0.1, 0.15) is 19.8 Å². The van der Waals surface area contributed by atoms with Gasteiger partial charge in [0.1, 0.15) is 0 Å². The molecule has 1 aliphatic heterocycles. The summed E-state index contributed by atoms with van der Waals surface area (Å²) in [7, 11) is 1.90. The zero-order valence-corrected chi connectivity index (χ0v) is 10.0. The SMILES string of the molecule is CCOC(CN(C)CC1CCCO1)C(=O)O. The van der Waals surface area contributed by atoms with Gasteiger partial charge in [0.2, 0.25) is 0 Å². The topological polar surface area (TPSA) is 59.0 Å². The molecule has 0 aliphatic carbocycles. The molecule has 2 unspecified atom stereocenters. The first kappa shape index (κ1) is 13.4. The van der Waals surface area contributed by atoms with Gasteiger partial charge in [-0.05, 0) is 26.8 Å². The Hall–Kier alpha value is -0.650. The number of carboxylic acid groups (broad SMARTS) is 1. The molecule has 1 N–H and O–H groups in total. The monoisotopic (exact) mass is 231 g/mol. The number of ether oxygens (including phenoxy) is 2. The molecule has 5 heteroatoms. The van der Waals surface area contributed by atoms with E-state index >= 15 is 0 Å². The highest BCUT2D eigenvalue weighted by atomic mass is 16.5. The Morgan fingerprint density at radius 2 is 2.44 bits per heavy atom. The van der Waals surface area contributed by atoms with Gasteiger partial charge >= 0.3 is 5.97 Å². The maximum atomic E-state index is 10.9. The molecule has 0 bridgehead atoms. The standard InChI is InChI=1S/C11H21NO4/c1-3-15-10(11(13)14)8-12(2)7-9-5-4-6-16-9/h9-10H,3-8H2,1-2H3,(H,13,14). The molecule has 1 heterocycles. The van der Waals surface area contributed by atoms with Gasteiger partial charge in [0.05, 0.1) is 6.10 Å². The van der Waals surface area contributed by atoms with E-state index < -0.39 is 12.1 Å². The molecular weight excluding hydrogens is 210 g/mol. The average Bonchev–Trinajstić information content (AvgIpc) is 2.69. The third-order valence-electron chi connectivity index (χ3n) is 2.66. The van der Waals surface area contributed by atoms with Gasteiger partial charge in [0.25, 0.3) is 0 Å². The first-order valence-electron chi connectivity index (χ1n) is 5.78. The van der Waals surface area contributed by atoms with Gasteiger partial charge in [-0.2, -0.15) is 0 Å². The van der Waals surface area contributed by atoms with Crippen molar-refractivity contribution in [3.63, 3.8) is 0 Å². The van der Waals surface area contributed by atoms with E-state index in [2.05, 4.69) is 0 Å². The van der Waals surface area contributed by atoms with Crippen molar-refractivity contribution < 1.29 is 19.4 Å². The van der Waals surface area contributed by atoms with Gasteiger partial charge in [0, 0.05) is 26.3 Å². The zero-order valence-electron chi connectivity index (χ0n) is 10.0. The lowest BCUT2D eigenvalue weighted by Crippen LogP contribution is -2.39. The van der Waals surface area contributed by atoms with Gasteiger partial charge in [0.15, 0.2) is 6.10 Å². The van der Waals surface area contributed by atoms with Crippen LogP contribution >= 0.6 is 0 Å². The van der Waals surface area contributed by atoms with Crippen molar-refractivity contribution in [2.75, 3.05) is 33.4 Å². The van der Waals surface area contributed by atoms with Crippen LogP contribution in [0.15, 0.2) is 0 Å². The lowest BCUT2D eigenvalue weighted by atomic mass is 10.2. The van der Waals surface area contributed by atoms with Gasteiger partial charge in [-0.3, -0.25) is 0 Å². The zero-order chi connectivity index (χ0) is 12.0. The van der Waals surface area contributed by atoms with Crippen LogP contribution in [0.5, 0.6) is 0 Å². The predicted octanol–water partition coefficient (Wildman–Crippen LogP) is 0.587. The van der Waals surface area contributed by atoms with Crippen molar-refractivity contribution in [2.45, 2.75) is 32.0 Å². The van der Waals surface area contributed by atoms with Crippen molar-refractivity contribution in [3.8, 4) is 0 Å². The summed E-state index contributed by atoms with van der Waals surface area (Å²) in [6.45, 7) is 4.23. The summed E-state index contributed by atoms with van der Waals surface area (Å²) in [5, 5.41) is 8.93. The molecule has 94 valence electrons. The minimum Gasteiger partial charge on any atom is -0.479 e. The highest BCUT2D eigenvalue weighted by Crippen LogP contribution is 2.13. The van der Waals surface area contributed by atoms with Crippen molar-refractivity contribution in [1.29, 1.82) is 0 Å². The average molecular weight is 231 g/mol. The van der Waals surface area contributed by atoms with Gasteiger partial charge in [-0.25, -0.2) is 4.79 Å². The van der Waals surface area contributed by atoms with E-state index in [4.69, 9.17) is 14.6 Å². The van der Waals surface area contributed by atoms with E-state index in [1.165, 1.54) is 0 Å². The predicted molar refractivity (Wildman–Crippen MR) is 59.5 cm³/mol. The van der Waals surface area contributed by atoms with E-state index in [0.717, 1.165) is 26.0 Å². The summed E-state index contributed by atoms with van der Waals surface area (Å²) >= 11 is 0. The lowest BCUT2D eigenvalue weighted by Gasteiger charge is -2.23. The maximum absolute atomic E-state index is 10.9. The Morgan fingerprint density at radius 3 is 2.94 bits per heavy atom. The van der Waals surface area contributed by atoms with Crippen LogP contribution in [0.25, 0.3) is 0 Å². The number of hydrogen-bond acceptors (Lipinski definition) is 4. The van der Waals surface area contributed by atoms with Crippen LogP contribution in [0, 0.1) is 0 Å². The summed E-state index contributed by atoms with van der Waals surface area (Å²) in [4.78, 5) is 12.8. The van der Waals surface area contributed by atoms with Crippen LogP contribution in [-0.2, 0) is 14.3 Å². The van der Waals surface area contributed by atoms with Gasteiger partial charge < -0.3 is 19.5 Å². The summed E-state index contributed by atoms with van der Waals surface area (Å²) < 4.78 is 10.7. The Labute approximate surface area is 96.3 Å². The Balaban J connectivity index is 2.29. The summed E-state index contributed by atoms with van der Waals surface area (Å²) in [6, 6.07) is 0. The summed E-state index contributed by atoms with van der Waals surface area (Å²) in [5.41, 5.74) is 0. The Bertz CT molecular complexity index is 216. The lowest BCUT2D eigenvalue weighted by molar-refractivity contribution is -0.151. The molecule has 1 saturated heterocycles. The second-order valence-electron chi connectivity index (χ2n) is 4.14. The fraction of sp³-hybridized carbons (Fsp3) is 0.909. The summed E-state index contributed by atoms with van der Waals surface area (Å²) in [5.74, 6) is -0.902. The third kappa shape index (κ3) is 4.47. The van der Waals surface area contributed by atoms with E-state index in [1.807, 2.05) is 11.9 Å². The molecule has 5 nitrogen and oxygen atoms in total. The summed E-state index contributed by atoms with van der Waals surface area (Å²) in [6.07, 6.45) is 1.68. The Kier molecular flexibility index (Phi) is 5.73. The van der Waals surface area contributed by atoms with Crippen molar-refractivity contribution in [2.24, 2.45) is 0 Å². The van der Waals surface area contributed by atoms with E-state index in [9.17, 15) is 4.79 Å². The fourth-order valence-corrected chi connectivity index (χ4v) is 1.90. The molecule has 0 aromatic rings. The van der Waals surface area contributed by atoms with Crippen molar-refractivity contribution in [3.05, 3.63) is 0 Å². The smallest absolute Gasteiger partial charge is 0.334 e. The highest BCUT2D eigenvalue weighted by molar-refractivity contribution is 5.72. The molecule has 16 heavy (non-hydrogen) atoms. The van der Waals surface area contributed by atoms with Crippen LogP contribution in [-0.4, -0.2) is 61.5 Å². The quantitative estimate of drug-likeness (QED) is 0.695. The van der Waals surface area contributed by atoms with Crippen LogP contribution < -0.4 is 0 Å². The molecule has 0 aromatic heterocycles. The minimum absolute atomic E-state index is 0.251. The normalized spacial score (nSPS) is 22.6. The van der Waals surface area contributed by atoms with E-state index in [1.54, 1.807) is 6.92 Å². The third-order valence-corrected chi connectivity index (χ3v) is 2.66. The van der Waals surface area contributed by atoms with Crippen molar-refractivity contribution in [1.82, 2.24) is 4.90 Å². The minimum atomic E-state index is -0.902. The second kappa shape index (κ2) is 6.83. The molecule has 0 radical (unpaired) electrons. The number of rotatable bonds is 7. The number of aliphatic carboxylic acids is 1. The molecule has 0 amide bonds. The van der Waals surface area contributed by atoms with Crippen LogP contribution in [0.2, 0.25) is 0 Å². The number of carboxylic acids is 1. The molecule has 1 rings (SSSR count). The number of hydrogen-bond donors (Lipinski definition) is 1. The van der Waals surface area contributed by atoms with Crippen LogP contribution in [0.4, 0.5) is 0 Å². The number of likely N-dealkylation sites (N-methyl/N-ethyl adjacent to an activating group) is 1. The second-order valence-corrected chi connectivity index (χ2v) is 4.14. The van der Waals surface area contributed by atoms with E-state index in [-0.39, 0.29) is 6.10 Å². The highest BCUT2D eigenvalue weighted by Gasteiger charge is 2.22. The number of nitrogens with zero attached hydrogens (tertiary/aromatic N) is 1. The fourth-order valence-electron chi connectivity index (χ4n) is 1.90. The first-order chi connectivity index (χ1) is 7.63. The van der Waals surface area contributed by atoms with Gasteiger partial charge in [-0.1, -0.05) is 0 Å². The molecule has 0 aromatic carbocycles. The van der Waals surface area contributed by atoms with Gasteiger partial charge in [-0.15, -0.1) is 0 Å². The molecule has 0 spiro atoms. The number of carbonyl (C=O) groups is 1. The van der Waals surface area contributed by atoms with E-state index in [0.29, 0.717) is 13.2 Å². The molecule has 2 atom stereocenters. The maximum Gasteiger partial charge on any atom is 0.334 e. The Morgan fingerprint density at radius 1 is 1.69 bits per heavy atom.